The number of ether oxygens (including phenoxy) is 4. The Hall–Kier alpha value is -5.02. The van der Waals surface area contributed by atoms with Crippen LogP contribution < -0.4 is 4.74 Å². The number of rotatable bonds is 14. The van der Waals surface area contributed by atoms with Crippen LogP contribution in [0.4, 0.5) is 22.0 Å². The summed E-state index contributed by atoms with van der Waals surface area (Å²) in [4.78, 5) is 26.3. The molecule has 15 heteroatoms. The summed E-state index contributed by atoms with van der Waals surface area (Å²) in [6.07, 6.45) is -0.157. The van der Waals surface area contributed by atoms with Crippen molar-refractivity contribution >= 4 is 5.97 Å². The smallest absolute Gasteiger partial charge is 0.417 e. The molecule has 3 aromatic rings. The van der Waals surface area contributed by atoms with Crippen LogP contribution in [0.1, 0.15) is 30.5 Å². The molecule has 1 atom stereocenters. The number of hydrogen-bond donors (Lipinski definition) is 0. The monoisotopic (exact) mass is 671 g/mol. The number of benzene rings is 2. The van der Waals surface area contributed by atoms with Crippen LogP contribution in [-0.4, -0.2) is 70.8 Å². The van der Waals surface area contributed by atoms with Crippen molar-refractivity contribution in [2.45, 2.75) is 25.6 Å². The van der Waals surface area contributed by atoms with Gasteiger partial charge < -0.3 is 18.9 Å². The van der Waals surface area contributed by atoms with Crippen LogP contribution in [0.15, 0.2) is 67.1 Å². The minimum atomic E-state index is -4.69. The van der Waals surface area contributed by atoms with Gasteiger partial charge in [0.1, 0.15) is 23.7 Å². The molecule has 0 saturated heterocycles. The zero-order valence-corrected chi connectivity index (χ0v) is 25.8. The molecular formula is C33H30F5N5O5. The highest BCUT2D eigenvalue weighted by Gasteiger charge is 2.35. The number of hydrogen-bond acceptors (Lipinski definition) is 9. The lowest BCUT2D eigenvalue weighted by Gasteiger charge is -2.20. The number of methoxy groups -OCH3 is 1. The number of esters is 1. The predicted molar refractivity (Wildman–Crippen MR) is 162 cm³/mol. The first-order valence-electron chi connectivity index (χ1n) is 14.8. The highest BCUT2D eigenvalue weighted by molar-refractivity contribution is 5.78. The van der Waals surface area contributed by atoms with E-state index in [-0.39, 0.29) is 71.8 Å². The predicted octanol–water partition coefficient (Wildman–Crippen LogP) is 6.39. The van der Waals surface area contributed by atoms with E-state index < -0.39 is 35.4 Å². The second-order valence-corrected chi connectivity index (χ2v) is 10.4. The number of pyridine rings is 1. The summed E-state index contributed by atoms with van der Waals surface area (Å²) in [6.45, 7) is 2.69. The molecule has 2 aromatic carbocycles. The van der Waals surface area contributed by atoms with Crippen molar-refractivity contribution in [2.75, 3.05) is 40.1 Å². The van der Waals surface area contributed by atoms with Crippen LogP contribution in [-0.2, 0) is 25.2 Å². The molecule has 48 heavy (non-hydrogen) atoms. The van der Waals surface area contributed by atoms with Crippen molar-refractivity contribution in [2.24, 2.45) is 0 Å². The van der Waals surface area contributed by atoms with Gasteiger partial charge in [-0.2, -0.15) is 18.3 Å². The number of fused-ring (bicyclic) bond motifs is 1. The van der Waals surface area contributed by atoms with E-state index in [9.17, 15) is 26.7 Å². The SMILES string of the molecule is CCCOc1ccc(-c2ccc(C(C(=O)OCCOCCOC)n3cc4nc(-c5cccc(F)c5F)nc-4cn3)cn2)c(C(F)(F)F)c1. The Kier molecular flexibility index (Phi) is 10.9. The first-order chi connectivity index (χ1) is 23.1. The summed E-state index contributed by atoms with van der Waals surface area (Å²) in [6, 6.07) is 8.78. The van der Waals surface area contributed by atoms with Gasteiger partial charge in [0.25, 0.3) is 0 Å². The van der Waals surface area contributed by atoms with Gasteiger partial charge in [-0.25, -0.2) is 23.5 Å². The van der Waals surface area contributed by atoms with Gasteiger partial charge in [0.2, 0.25) is 0 Å². The number of imidazole rings is 1. The molecule has 0 N–H and O–H groups in total. The van der Waals surface area contributed by atoms with Gasteiger partial charge in [0.15, 0.2) is 23.5 Å². The number of carbonyl (C=O) groups is 1. The maximum atomic E-state index is 14.5. The standard InChI is InChI=1S/C33H30F5N5O5/c1-3-11-47-21-8-9-22(24(16-21)33(36,37)38)26-10-7-20(17-39-26)30(32(44)48-15-14-46-13-12-45-2)43-19-28-27(18-40-43)41-31(42-28)23-5-4-6-25(34)29(23)35/h4-10,16-19,30H,3,11-15H2,1-2H3. The fraction of sp³-hybridized carbons (Fsp3) is 0.303. The highest BCUT2D eigenvalue weighted by Crippen LogP contribution is 2.39. The first-order valence-corrected chi connectivity index (χ1v) is 14.8. The molecule has 0 radical (unpaired) electrons. The van der Waals surface area contributed by atoms with Gasteiger partial charge in [0, 0.05) is 24.4 Å². The van der Waals surface area contributed by atoms with E-state index in [4.69, 9.17) is 18.9 Å². The van der Waals surface area contributed by atoms with E-state index in [0.29, 0.717) is 13.0 Å². The van der Waals surface area contributed by atoms with Crippen molar-refractivity contribution in [1.82, 2.24) is 24.7 Å². The quantitative estimate of drug-likeness (QED) is 0.0754. The fourth-order valence-electron chi connectivity index (χ4n) is 4.71. The third-order valence-electron chi connectivity index (χ3n) is 7.01. The Morgan fingerprint density at radius 3 is 2.42 bits per heavy atom. The van der Waals surface area contributed by atoms with E-state index in [0.717, 1.165) is 12.1 Å². The number of halogens is 5. The Morgan fingerprint density at radius 2 is 1.69 bits per heavy atom. The number of aromatic nitrogens is 5. The first kappa shape index (κ1) is 34.3. The Morgan fingerprint density at radius 1 is 0.896 bits per heavy atom. The Labute approximate surface area is 271 Å². The lowest BCUT2D eigenvalue weighted by Crippen LogP contribution is -2.26. The van der Waals surface area contributed by atoms with Crippen LogP contribution >= 0.6 is 0 Å². The van der Waals surface area contributed by atoms with Crippen molar-refractivity contribution in [3.8, 4) is 39.8 Å². The molecule has 3 heterocycles. The summed E-state index contributed by atoms with van der Waals surface area (Å²) in [5.74, 6) is -2.98. The van der Waals surface area contributed by atoms with E-state index >= 15 is 0 Å². The molecule has 0 fully saturated rings. The molecule has 0 saturated carbocycles. The lowest BCUT2D eigenvalue weighted by molar-refractivity contribution is -0.148. The van der Waals surface area contributed by atoms with Crippen LogP contribution in [0.3, 0.4) is 0 Å². The van der Waals surface area contributed by atoms with Crippen LogP contribution in [0.2, 0.25) is 0 Å². The van der Waals surface area contributed by atoms with Crippen LogP contribution in [0.5, 0.6) is 5.75 Å². The van der Waals surface area contributed by atoms with Gasteiger partial charge in [-0.15, -0.1) is 0 Å². The third-order valence-corrected chi connectivity index (χ3v) is 7.01. The molecule has 1 aromatic heterocycles. The lowest BCUT2D eigenvalue weighted by atomic mass is 10.0. The average Bonchev–Trinajstić information content (AvgIpc) is 3.50. The number of nitrogens with zero attached hydrogens (tertiary/aromatic N) is 5. The maximum absolute atomic E-state index is 14.5. The fourth-order valence-corrected chi connectivity index (χ4v) is 4.71. The second kappa shape index (κ2) is 15.3. The topological polar surface area (TPSA) is 110 Å². The van der Waals surface area contributed by atoms with Gasteiger partial charge in [-0.1, -0.05) is 19.1 Å². The zero-order chi connectivity index (χ0) is 34.3. The summed E-state index contributed by atoms with van der Waals surface area (Å²) >= 11 is 0. The second-order valence-electron chi connectivity index (χ2n) is 10.4. The van der Waals surface area contributed by atoms with Gasteiger partial charge in [-0.05, 0) is 42.8 Å². The molecule has 0 aliphatic carbocycles. The zero-order valence-electron chi connectivity index (χ0n) is 25.8. The molecule has 0 bridgehead atoms. The summed E-state index contributed by atoms with van der Waals surface area (Å²) in [5.41, 5.74) is -0.594. The largest absolute Gasteiger partial charge is 0.494 e. The number of alkyl halides is 3. The molecule has 1 unspecified atom stereocenters. The molecule has 2 aliphatic heterocycles. The molecule has 5 rings (SSSR count). The Bertz CT molecular complexity index is 1820. The van der Waals surface area contributed by atoms with Gasteiger partial charge >= 0.3 is 12.1 Å². The number of carbonyl (C=O) groups excluding carboxylic acids is 1. The van der Waals surface area contributed by atoms with Gasteiger partial charge in [0.05, 0.1) is 55.6 Å². The summed E-state index contributed by atoms with van der Waals surface area (Å²) < 4.78 is 92.8. The van der Waals surface area contributed by atoms with Crippen molar-refractivity contribution in [3.05, 3.63) is 89.9 Å². The van der Waals surface area contributed by atoms with Crippen molar-refractivity contribution < 1.29 is 45.7 Å². The summed E-state index contributed by atoms with van der Waals surface area (Å²) in [7, 11) is 1.52. The van der Waals surface area contributed by atoms with Gasteiger partial charge in [-0.3, -0.25) is 9.67 Å². The molecular weight excluding hydrogens is 641 g/mol. The van der Waals surface area contributed by atoms with E-state index in [1.807, 2.05) is 6.92 Å². The third kappa shape index (κ3) is 7.91. The van der Waals surface area contributed by atoms with Crippen LogP contribution in [0.25, 0.3) is 34.0 Å². The Balaban J connectivity index is 1.48. The molecule has 0 spiro atoms. The van der Waals surface area contributed by atoms with E-state index in [1.165, 1.54) is 66.8 Å². The van der Waals surface area contributed by atoms with E-state index in [1.54, 1.807) is 0 Å². The maximum Gasteiger partial charge on any atom is 0.417 e. The minimum absolute atomic E-state index is 0.00357. The van der Waals surface area contributed by atoms with Crippen molar-refractivity contribution in [1.29, 1.82) is 0 Å². The summed E-state index contributed by atoms with van der Waals surface area (Å²) in [5, 5.41) is 4.29. The van der Waals surface area contributed by atoms with E-state index in [2.05, 4.69) is 20.1 Å². The molecule has 2 aliphatic rings. The molecule has 10 nitrogen and oxygen atoms in total. The normalized spacial score (nSPS) is 12.3. The average molecular weight is 672 g/mol. The minimum Gasteiger partial charge on any atom is -0.494 e. The van der Waals surface area contributed by atoms with Crippen LogP contribution in [0, 0.1) is 11.6 Å². The van der Waals surface area contributed by atoms with Crippen molar-refractivity contribution in [3.63, 3.8) is 0 Å². The molecule has 0 amide bonds. The highest BCUT2D eigenvalue weighted by atomic mass is 19.4. The molecule has 252 valence electrons.